The van der Waals surface area contributed by atoms with E-state index in [4.69, 9.17) is 4.52 Å². The molecule has 3 heterocycles. The monoisotopic (exact) mass is 390 g/mol. The van der Waals surface area contributed by atoms with Crippen LogP contribution in [0.5, 0.6) is 0 Å². The van der Waals surface area contributed by atoms with Crippen molar-refractivity contribution in [3.05, 3.63) is 47.9 Å². The molecule has 1 aliphatic carbocycles. The van der Waals surface area contributed by atoms with Crippen LogP contribution in [0.15, 0.2) is 50.8 Å². The standard InChI is InChI=1S/C17H18N4O3S2/c22-26(23,14-7-5-11-25-14)21-17(8-2-1-3-9-17)16-19-15(20-24-16)13-6-4-10-18-12-13/h4-7,10-12,21H,1-3,8-9H2. The molecule has 1 aliphatic rings. The van der Waals surface area contributed by atoms with Gasteiger partial charge in [-0.05, 0) is 36.4 Å². The largest absolute Gasteiger partial charge is 0.337 e. The highest BCUT2D eigenvalue weighted by molar-refractivity contribution is 7.91. The number of aromatic nitrogens is 3. The number of pyridine rings is 1. The minimum atomic E-state index is -3.65. The van der Waals surface area contributed by atoms with Crippen molar-refractivity contribution < 1.29 is 12.9 Å². The van der Waals surface area contributed by atoms with Crippen LogP contribution in [-0.4, -0.2) is 23.5 Å². The molecule has 0 aliphatic heterocycles. The summed E-state index contributed by atoms with van der Waals surface area (Å²) >= 11 is 1.19. The molecule has 9 heteroatoms. The van der Waals surface area contributed by atoms with Gasteiger partial charge in [-0.3, -0.25) is 4.98 Å². The van der Waals surface area contributed by atoms with E-state index < -0.39 is 15.6 Å². The Labute approximate surface area is 155 Å². The minimum absolute atomic E-state index is 0.287. The van der Waals surface area contributed by atoms with Crippen LogP contribution < -0.4 is 4.72 Å². The van der Waals surface area contributed by atoms with Gasteiger partial charge in [0.1, 0.15) is 9.75 Å². The highest BCUT2D eigenvalue weighted by Gasteiger charge is 2.43. The molecule has 26 heavy (non-hydrogen) atoms. The molecule has 0 spiro atoms. The van der Waals surface area contributed by atoms with Gasteiger partial charge in [-0.15, -0.1) is 11.3 Å². The van der Waals surface area contributed by atoms with Crippen molar-refractivity contribution in [1.29, 1.82) is 0 Å². The first-order valence-corrected chi connectivity index (χ1v) is 10.8. The Bertz CT molecular complexity index is 963. The first-order chi connectivity index (χ1) is 12.6. The van der Waals surface area contributed by atoms with E-state index in [9.17, 15) is 8.42 Å². The Balaban J connectivity index is 1.70. The molecule has 3 aromatic rings. The number of hydrogen-bond donors (Lipinski definition) is 1. The number of nitrogens with zero attached hydrogens (tertiary/aromatic N) is 3. The van der Waals surface area contributed by atoms with E-state index in [1.54, 1.807) is 36.0 Å². The number of sulfonamides is 1. The molecule has 4 rings (SSSR count). The fourth-order valence-corrected chi connectivity index (χ4v) is 5.68. The molecule has 3 aromatic heterocycles. The Morgan fingerprint density at radius 3 is 2.69 bits per heavy atom. The number of rotatable bonds is 5. The molecule has 0 bridgehead atoms. The Kier molecular flexibility index (Phi) is 4.60. The number of thiophene rings is 1. The minimum Gasteiger partial charge on any atom is -0.337 e. The van der Waals surface area contributed by atoms with Crippen molar-refractivity contribution >= 4 is 21.4 Å². The topological polar surface area (TPSA) is 98.0 Å². The third-order valence-electron chi connectivity index (χ3n) is 4.55. The summed E-state index contributed by atoms with van der Waals surface area (Å²) in [6.07, 6.45) is 7.44. The van der Waals surface area contributed by atoms with Gasteiger partial charge in [0, 0.05) is 18.0 Å². The second kappa shape index (κ2) is 6.90. The highest BCUT2D eigenvalue weighted by Crippen LogP contribution is 2.38. The average molecular weight is 390 g/mol. The van der Waals surface area contributed by atoms with Crippen molar-refractivity contribution in [2.24, 2.45) is 0 Å². The summed E-state index contributed by atoms with van der Waals surface area (Å²) in [4.78, 5) is 8.56. The van der Waals surface area contributed by atoms with Gasteiger partial charge in [0.2, 0.25) is 11.7 Å². The van der Waals surface area contributed by atoms with Crippen LogP contribution in [0.1, 0.15) is 38.0 Å². The van der Waals surface area contributed by atoms with Crippen molar-refractivity contribution in [2.45, 2.75) is 41.9 Å². The van der Waals surface area contributed by atoms with Gasteiger partial charge < -0.3 is 4.52 Å². The van der Waals surface area contributed by atoms with E-state index in [2.05, 4.69) is 19.8 Å². The summed E-state index contributed by atoms with van der Waals surface area (Å²) in [5.74, 6) is 0.726. The second-order valence-corrected chi connectivity index (χ2v) is 9.20. The van der Waals surface area contributed by atoms with Crippen molar-refractivity contribution in [3.8, 4) is 11.4 Å². The summed E-state index contributed by atoms with van der Waals surface area (Å²) in [6.45, 7) is 0. The molecule has 1 N–H and O–H groups in total. The highest BCUT2D eigenvalue weighted by atomic mass is 32.2. The van der Waals surface area contributed by atoms with Crippen LogP contribution >= 0.6 is 11.3 Å². The van der Waals surface area contributed by atoms with E-state index in [1.165, 1.54) is 11.3 Å². The van der Waals surface area contributed by atoms with E-state index in [0.29, 0.717) is 24.6 Å². The van der Waals surface area contributed by atoms with Crippen molar-refractivity contribution in [3.63, 3.8) is 0 Å². The van der Waals surface area contributed by atoms with E-state index in [1.807, 2.05) is 6.07 Å². The van der Waals surface area contributed by atoms with Crippen LogP contribution in [0, 0.1) is 0 Å². The van der Waals surface area contributed by atoms with Gasteiger partial charge in [0.05, 0.1) is 0 Å². The summed E-state index contributed by atoms with van der Waals surface area (Å²) in [6, 6.07) is 6.95. The molecule has 0 aromatic carbocycles. The van der Waals surface area contributed by atoms with Gasteiger partial charge in [-0.1, -0.05) is 30.5 Å². The molecule has 0 unspecified atom stereocenters. The van der Waals surface area contributed by atoms with Gasteiger partial charge in [0.25, 0.3) is 10.0 Å². The molecule has 1 saturated carbocycles. The summed E-state index contributed by atoms with van der Waals surface area (Å²) in [5.41, 5.74) is -0.135. The van der Waals surface area contributed by atoms with Crippen LogP contribution in [-0.2, 0) is 15.6 Å². The van der Waals surface area contributed by atoms with Crippen LogP contribution in [0.2, 0.25) is 0 Å². The lowest BCUT2D eigenvalue weighted by molar-refractivity contribution is 0.200. The number of nitrogens with one attached hydrogen (secondary N) is 1. The zero-order valence-electron chi connectivity index (χ0n) is 14.0. The lowest BCUT2D eigenvalue weighted by atomic mass is 9.82. The summed E-state index contributed by atoms with van der Waals surface area (Å²) in [7, 11) is -3.65. The maximum atomic E-state index is 12.8. The molecule has 0 atom stereocenters. The lowest BCUT2D eigenvalue weighted by Gasteiger charge is -2.34. The van der Waals surface area contributed by atoms with Gasteiger partial charge in [-0.2, -0.15) is 9.71 Å². The molecular formula is C17H18N4O3S2. The van der Waals surface area contributed by atoms with Gasteiger partial charge in [0.15, 0.2) is 0 Å². The lowest BCUT2D eigenvalue weighted by Crippen LogP contribution is -2.47. The van der Waals surface area contributed by atoms with Crippen LogP contribution in [0.4, 0.5) is 0 Å². The fourth-order valence-electron chi connectivity index (χ4n) is 3.27. The molecule has 0 radical (unpaired) electrons. The third-order valence-corrected chi connectivity index (χ3v) is 7.49. The quantitative estimate of drug-likeness (QED) is 0.717. The molecular weight excluding hydrogens is 372 g/mol. The Morgan fingerprint density at radius 2 is 2.00 bits per heavy atom. The van der Waals surface area contributed by atoms with Crippen molar-refractivity contribution in [1.82, 2.24) is 19.8 Å². The normalized spacial score (nSPS) is 17.2. The second-order valence-electron chi connectivity index (χ2n) is 6.35. The molecule has 136 valence electrons. The van der Waals surface area contributed by atoms with Crippen molar-refractivity contribution in [2.75, 3.05) is 0 Å². The van der Waals surface area contributed by atoms with Crippen LogP contribution in [0.3, 0.4) is 0 Å². The maximum absolute atomic E-state index is 12.8. The van der Waals surface area contributed by atoms with Gasteiger partial charge >= 0.3 is 0 Å². The van der Waals surface area contributed by atoms with Gasteiger partial charge in [-0.25, -0.2) is 8.42 Å². The fraction of sp³-hybridized carbons (Fsp3) is 0.353. The first kappa shape index (κ1) is 17.3. The summed E-state index contributed by atoms with van der Waals surface area (Å²) < 4.78 is 34.3. The van der Waals surface area contributed by atoms with E-state index in [-0.39, 0.29) is 4.21 Å². The predicted octanol–water partition coefficient (Wildman–Crippen LogP) is 3.33. The molecule has 7 nitrogen and oxygen atoms in total. The zero-order valence-corrected chi connectivity index (χ0v) is 15.6. The maximum Gasteiger partial charge on any atom is 0.251 e. The average Bonchev–Trinajstić information content (AvgIpc) is 3.35. The zero-order chi connectivity index (χ0) is 18.0. The SMILES string of the molecule is O=S(=O)(NC1(c2nc(-c3cccnc3)no2)CCCCC1)c1cccs1. The van der Waals surface area contributed by atoms with E-state index >= 15 is 0 Å². The smallest absolute Gasteiger partial charge is 0.251 e. The number of hydrogen-bond acceptors (Lipinski definition) is 7. The Morgan fingerprint density at radius 1 is 1.15 bits per heavy atom. The molecule has 1 fully saturated rings. The molecule has 0 amide bonds. The first-order valence-electron chi connectivity index (χ1n) is 8.41. The Hall–Kier alpha value is -2.10. The molecule has 0 saturated heterocycles. The van der Waals surface area contributed by atoms with E-state index in [0.717, 1.165) is 24.8 Å². The van der Waals surface area contributed by atoms with Crippen LogP contribution in [0.25, 0.3) is 11.4 Å². The summed E-state index contributed by atoms with van der Waals surface area (Å²) in [5, 5.41) is 5.79. The third kappa shape index (κ3) is 3.29. The predicted molar refractivity (Wildman–Crippen MR) is 96.9 cm³/mol.